The van der Waals surface area contributed by atoms with Crippen molar-refractivity contribution in [3.05, 3.63) is 24.9 Å². The zero-order valence-electron chi connectivity index (χ0n) is 8.55. The fourth-order valence-corrected chi connectivity index (χ4v) is 1.51. The summed E-state index contributed by atoms with van der Waals surface area (Å²) < 4.78 is 1.82. The summed E-state index contributed by atoms with van der Waals surface area (Å²) in [5.74, 6) is 1.29. The Morgan fingerprint density at radius 3 is 3.06 bits per heavy atom. The van der Waals surface area contributed by atoms with Crippen molar-refractivity contribution < 1.29 is 0 Å². The van der Waals surface area contributed by atoms with Crippen LogP contribution in [0.25, 0.3) is 16.9 Å². The summed E-state index contributed by atoms with van der Waals surface area (Å²) in [7, 11) is 1.77. The predicted molar refractivity (Wildman–Crippen MR) is 58.4 cm³/mol. The first-order chi connectivity index (χ1) is 7.88. The first-order valence-electron chi connectivity index (χ1n) is 4.75. The van der Waals surface area contributed by atoms with Gasteiger partial charge < -0.3 is 5.32 Å². The molecule has 3 aromatic rings. The van der Waals surface area contributed by atoms with Crippen LogP contribution < -0.4 is 5.32 Å². The van der Waals surface area contributed by atoms with E-state index in [-0.39, 0.29) is 0 Å². The van der Waals surface area contributed by atoms with Crippen LogP contribution in [-0.4, -0.2) is 36.8 Å². The first kappa shape index (κ1) is 8.84. The molecule has 0 aliphatic heterocycles. The van der Waals surface area contributed by atoms with Gasteiger partial charge in [0.15, 0.2) is 11.5 Å². The summed E-state index contributed by atoms with van der Waals surface area (Å²) in [5.41, 5.74) is 0.697. The lowest BCUT2D eigenvalue weighted by atomic mass is 10.4. The molecule has 2 N–H and O–H groups in total. The lowest BCUT2D eigenvalue weighted by Crippen LogP contribution is -2.02. The number of rotatable bonds is 2. The standard InChI is InChI=1S/C9H9N7/c1-10-9-13-7-6(4-12-15-7)8(14-9)16-3-2-11-5-16/h2-5H,1H3,(H2,10,12,13,14,15). The minimum atomic E-state index is 0.542. The zero-order chi connectivity index (χ0) is 11.0. The van der Waals surface area contributed by atoms with E-state index in [0.717, 1.165) is 11.2 Å². The summed E-state index contributed by atoms with van der Waals surface area (Å²) in [5, 5.41) is 10.5. The van der Waals surface area contributed by atoms with E-state index in [1.807, 2.05) is 10.8 Å². The van der Waals surface area contributed by atoms with Crippen LogP contribution in [0.3, 0.4) is 0 Å². The molecule has 0 radical (unpaired) electrons. The summed E-state index contributed by atoms with van der Waals surface area (Å²) in [6.07, 6.45) is 6.92. The monoisotopic (exact) mass is 215 g/mol. The molecule has 7 nitrogen and oxygen atoms in total. The maximum atomic E-state index is 4.37. The molecule has 0 bridgehead atoms. The van der Waals surface area contributed by atoms with E-state index in [1.165, 1.54) is 0 Å². The number of H-pyrrole nitrogens is 1. The minimum Gasteiger partial charge on any atom is -0.357 e. The molecule has 0 aliphatic carbocycles. The van der Waals surface area contributed by atoms with Crippen LogP contribution in [0.4, 0.5) is 5.95 Å². The van der Waals surface area contributed by atoms with Crippen molar-refractivity contribution in [3.63, 3.8) is 0 Å². The van der Waals surface area contributed by atoms with Gasteiger partial charge in [0, 0.05) is 19.4 Å². The highest BCUT2D eigenvalue weighted by Crippen LogP contribution is 2.18. The predicted octanol–water partition coefficient (Wildman–Crippen LogP) is 0.580. The molecular weight excluding hydrogens is 206 g/mol. The summed E-state index contributed by atoms with van der Waals surface area (Å²) in [6, 6.07) is 0. The van der Waals surface area contributed by atoms with E-state index in [4.69, 9.17) is 0 Å². The molecule has 0 aliphatic rings. The number of aromatic amines is 1. The molecule has 0 saturated heterocycles. The van der Waals surface area contributed by atoms with E-state index >= 15 is 0 Å². The summed E-state index contributed by atoms with van der Waals surface area (Å²) >= 11 is 0. The average molecular weight is 215 g/mol. The Morgan fingerprint density at radius 1 is 1.38 bits per heavy atom. The van der Waals surface area contributed by atoms with Gasteiger partial charge in [0.1, 0.15) is 6.33 Å². The molecule has 0 saturated carbocycles. The molecule has 0 atom stereocenters. The van der Waals surface area contributed by atoms with Crippen LogP contribution in [0.5, 0.6) is 0 Å². The molecule has 16 heavy (non-hydrogen) atoms. The van der Waals surface area contributed by atoms with Gasteiger partial charge in [-0.15, -0.1) is 0 Å². The molecule has 3 aromatic heterocycles. The number of nitrogens with one attached hydrogen (secondary N) is 2. The van der Waals surface area contributed by atoms with Crippen LogP contribution in [0.1, 0.15) is 0 Å². The van der Waals surface area contributed by atoms with Gasteiger partial charge in [-0.05, 0) is 0 Å². The van der Waals surface area contributed by atoms with Crippen LogP contribution in [0, 0.1) is 0 Å². The molecule has 7 heteroatoms. The van der Waals surface area contributed by atoms with Gasteiger partial charge in [0.05, 0.1) is 11.6 Å². The highest BCUT2D eigenvalue weighted by atomic mass is 15.2. The first-order valence-corrected chi connectivity index (χ1v) is 4.75. The number of aromatic nitrogens is 6. The van der Waals surface area contributed by atoms with Crippen LogP contribution in [0.15, 0.2) is 24.9 Å². The van der Waals surface area contributed by atoms with Crippen LogP contribution >= 0.6 is 0 Å². The van der Waals surface area contributed by atoms with E-state index in [1.54, 1.807) is 25.8 Å². The molecule has 0 spiro atoms. The van der Waals surface area contributed by atoms with Crippen molar-refractivity contribution in [1.82, 2.24) is 29.7 Å². The van der Waals surface area contributed by atoms with Crippen molar-refractivity contribution in [2.24, 2.45) is 0 Å². The molecular formula is C9H9N7. The number of hydrogen-bond acceptors (Lipinski definition) is 5. The second-order valence-electron chi connectivity index (χ2n) is 3.22. The Labute approximate surface area is 90.6 Å². The second-order valence-corrected chi connectivity index (χ2v) is 3.22. The van der Waals surface area contributed by atoms with Gasteiger partial charge >= 0.3 is 0 Å². The number of fused-ring (bicyclic) bond motifs is 1. The second kappa shape index (κ2) is 3.30. The van der Waals surface area contributed by atoms with E-state index in [2.05, 4.69) is 30.5 Å². The fourth-order valence-electron chi connectivity index (χ4n) is 1.51. The van der Waals surface area contributed by atoms with Crippen molar-refractivity contribution in [1.29, 1.82) is 0 Å². The third-order valence-corrected chi connectivity index (χ3v) is 2.26. The lowest BCUT2D eigenvalue weighted by Gasteiger charge is -2.04. The highest BCUT2D eigenvalue weighted by molar-refractivity contribution is 5.82. The Morgan fingerprint density at radius 2 is 2.31 bits per heavy atom. The van der Waals surface area contributed by atoms with Gasteiger partial charge in [0.2, 0.25) is 5.95 Å². The Balaban J connectivity index is 2.33. The zero-order valence-corrected chi connectivity index (χ0v) is 8.55. The fraction of sp³-hybridized carbons (Fsp3) is 0.111. The average Bonchev–Trinajstić information content (AvgIpc) is 2.98. The number of nitrogens with zero attached hydrogens (tertiary/aromatic N) is 5. The topological polar surface area (TPSA) is 84.3 Å². The molecule has 3 heterocycles. The summed E-state index contributed by atoms with van der Waals surface area (Å²) in [6.45, 7) is 0. The van der Waals surface area contributed by atoms with Crippen molar-refractivity contribution >= 4 is 17.0 Å². The van der Waals surface area contributed by atoms with E-state index in [9.17, 15) is 0 Å². The lowest BCUT2D eigenvalue weighted by molar-refractivity contribution is 0.992. The molecule has 0 unspecified atom stereocenters. The van der Waals surface area contributed by atoms with Crippen molar-refractivity contribution in [2.45, 2.75) is 0 Å². The normalized spacial score (nSPS) is 10.8. The smallest absolute Gasteiger partial charge is 0.226 e. The Hall–Kier alpha value is -2.44. The quantitative estimate of drug-likeness (QED) is 0.653. The largest absolute Gasteiger partial charge is 0.357 e. The van der Waals surface area contributed by atoms with E-state index in [0.29, 0.717) is 11.6 Å². The Kier molecular flexibility index (Phi) is 1.82. The third kappa shape index (κ3) is 1.22. The molecule has 0 fully saturated rings. The molecule has 80 valence electrons. The van der Waals surface area contributed by atoms with Gasteiger partial charge in [-0.1, -0.05) is 0 Å². The highest BCUT2D eigenvalue weighted by Gasteiger charge is 2.09. The van der Waals surface area contributed by atoms with Gasteiger partial charge in [-0.25, -0.2) is 4.98 Å². The number of anilines is 1. The van der Waals surface area contributed by atoms with Gasteiger partial charge in [-0.3, -0.25) is 9.67 Å². The SMILES string of the molecule is CNc1nc(-n2ccnc2)c2cn[nH]c2n1. The number of hydrogen-bond donors (Lipinski definition) is 2. The number of imidazole rings is 1. The van der Waals surface area contributed by atoms with Crippen LogP contribution in [-0.2, 0) is 0 Å². The van der Waals surface area contributed by atoms with E-state index < -0.39 is 0 Å². The summed E-state index contributed by atoms with van der Waals surface area (Å²) in [4.78, 5) is 12.6. The van der Waals surface area contributed by atoms with Gasteiger partial charge in [-0.2, -0.15) is 15.1 Å². The van der Waals surface area contributed by atoms with Gasteiger partial charge in [0.25, 0.3) is 0 Å². The molecule has 3 rings (SSSR count). The van der Waals surface area contributed by atoms with Crippen molar-refractivity contribution in [3.8, 4) is 5.82 Å². The minimum absolute atomic E-state index is 0.542. The van der Waals surface area contributed by atoms with Crippen molar-refractivity contribution in [2.75, 3.05) is 12.4 Å². The maximum absolute atomic E-state index is 4.37. The third-order valence-electron chi connectivity index (χ3n) is 2.26. The maximum Gasteiger partial charge on any atom is 0.226 e. The Bertz CT molecular complexity index is 610. The molecule has 0 amide bonds. The molecule has 0 aromatic carbocycles. The van der Waals surface area contributed by atoms with Crippen LogP contribution in [0.2, 0.25) is 0 Å².